The molecule has 2 aromatic carbocycles. The Balaban J connectivity index is 1.70. The van der Waals surface area contributed by atoms with Crippen LogP contribution in [0, 0.1) is 6.92 Å². The summed E-state index contributed by atoms with van der Waals surface area (Å²) in [6, 6.07) is 11.8. The second-order valence-electron chi connectivity index (χ2n) is 8.07. The predicted molar refractivity (Wildman–Crippen MR) is 121 cm³/mol. The van der Waals surface area contributed by atoms with Crippen molar-refractivity contribution in [3.63, 3.8) is 0 Å². The fraction of sp³-hybridized carbons (Fsp3) is 0.435. The van der Waals surface area contributed by atoms with Gasteiger partial charge in [0, 0.05) is 11.0 Å². The number of nitrogens with two attached hydrogens (primary N) is 1. The number of nitrogens with one attached hydrogen (secondary N) is 1. The molecule has 0 radical (unpaired) electrons. The lowest BCUT2D eigenvalue weighted by molar-refractivity contribution is 0.00695. The molecule has 0 saturated heterocycles. The number of unbranched alkanes of at least 4 members (excludes halogenated alkanes) is 2. The summed E-state index contributed by atoms with van der Waals surface area (Å²) < 4.78 is 6.43. The highest BCUT2D eigenvalue weighted by atomic mass is 79.9. The number of nitrogen functional groups attached to an aromatic ring is 1. The summed E-state index contributed by atoms with van der Waals surface area (Å²) in [5.74, 6) is -0.271. The van der Waals surface area contributed by atoms with Gasteiger partial charge in [-0.05, 0) is 82.3 Å². The largest absolute Gasteiger partial charge is 0.456 e. The second kappa shape index (κ2) is 9.97. The minimum Gasteiger partial charge on any atom is -0.456 e. The van der Waals surface area contributed by atoms with Gasteiger partial charge in [-0.1, -0.05) is 34.5 Å². The van der Waals surface area contributed by atoms with Crippen LogP contribution in [0.1, 0.15) is 61.5 Å². The summed E-state index contributed by atoms with van der Waals surface area (Å²) in [5.41, 5.74) is 10.4. The molecule has 0 bridgehead atoms. The van der Waals surface area contributed by atoms with Crippen LogP contribution in [0.2, 0.25) is 0 Å². The van der Waals surface area contributed by atoms with E-state index in [-0.39, 0.29) is 5.97 Å². The third kappa shape index (κ3) is 6.86. The van der Waals surface area contributed by atoms with Crippen LogP contribution in [0.5, 0.6) is 0 Å². The Bertz CT molecular complexity index is 795. The first kappa shape index (κ1) is 22.3. The van der Waals surface area contributed by atoms with Crippen molar-refractivity contribution in [2.24, 2.45) is 0 Å². The third-order valence-corrected chi connectivity index (χ3v) is 5.35. The zero-order chi connectivity index (χ0) is 20.7. The van der Waals surface area contributed by atoms with Crippen molar-refractivity contribution >= 4 is 33.3 Å². The molecule has 0 aliphatic carbocycles. The number of hydrogen-bond donors (Lipinski definition) is 2. The molecule has 4 nitrogen and oxygen atoms in total. The summed E-state index contributed by atoms with van der Waals surface area (Å²) in [5, 5.41) is 3.42. The van der Waals surface area contributed by atoms with Crippen LogP contribution in [0.4, 0.5) is 11.4 Å². The monoisotopic (exact) mass is 446 g/mol. The van der Waals surface area contributed by atoms with Gasteiger partial charge < -0.3 is 15.8 Å². The van der Waals surface area contributed by atoms with E-state index in [1.807, 2.05) is 64.1 Å². The average molecular weight is 447 g/mol. The number of halogens is 1. The van der Waals surface area contributed by atoms with E-state index in [9.17, 15) is 4.79 Å². The minimum absolute atomic E-state index is 0.271. The Morgan fingerprint density at radius 3 is 2.39 bits per heavy atom. The van der Waals surface area contributed by atoms with Crippen LogP contribution < -0.4 is 11.1 Å². The number of rotatable bonds is 8. The predicted octanol–water partition coefficient (Wildman–Crippen LogP) is 6.12. The van der Waals surface area contributed by atoms with Crippen molar-refractivity contribution in [2.75, 3.05) is 17.6 Å². The molecule has 3 N–H and O–H groups in total. The van der Waals surface area contributed by atoms with Gasteiger partial charge in [0.25, 0.3) is 0 Å². The maximum atomic E-state index is 12.0. The number of benzene rings is 2. The molecule has 0 heterocycles. The molecule has 2 aromatic rings. The van der Waals surface area contributed by atoms with Crippen molar-refractivity contribution in [3.05, 3.63) is 57.6 Å². The van der Waals surface area contributed by atoms with E-state index < -0.39 is 5.60 Å². The van der Waals surface area contributed by atoms with Crippen molar-refractivity contribution in [1.82, 2.24) is 0 Å². The van der Waals surface area contributed by atoms with Crippen molar-refractivity contribution in [1.29, 1.82) is 0 Å². The topological polar surface area (TPSA) is 64.3 Å². The second-order valence-corrected chi connectivity index (χ2v) is 8.92. The molecule has 0 saturated carbocycles. The van der Waals surface area contributed by atoms with Gasteiger partial charge in [-0.25, -0.2) is 4.79 Å². The highest BCUT2D eigenvalue weighted by molar-refractivity contribution is 9.10. The molecule has 0 aliphatic heterocycles. The molecule has 0 fully saturated rings. The fourth-order valence-corrected chi connectivity index (χ4v) is 3.20. The molecule has 28 heavy (non-hydrogen) atoms. The van der Waals surface area contributed by atoms with Gasteiger partial charge in [0.05, 0.1) is 16.9 Å². The normalized spacial score (nSPS) is 11.3. The van der Waals surface area contributed by atoms with E-state index in [4.69, 9.17) is 10.5 Å². The lowest BCUT2D eigenvalue weighted by Gasteiger charge is -2.19. The van der Waals surface area contributed by atoms with Gasteiger partial charge in [0.1, 0.15) is 5.60 Å². The zero-order valence-electron chi connectivity index (χ0n) is 17.3. The van der Waals surface area contributed by atoms with Crippen LogP contribution in [0.15, 0.2) is 40.9 Å². The molecule has 0 aliphatic rings. The molecule has 0 aromatic heterocycles. The van der Waals surface area contributed by atoms with Crippen LogP contribution in [-0.4, -0.2) is 18.1 Å². The molecule has 0 unspecified atom stereocenters. The van der Waals surface area contributed by atoms with Gasteiger partial charge >= 0.3 is 5.97 Å². The van der Waals surface area contributed by atoms with Crippen LogP contribution in [0.25, 0.3) is 0 Å². The number of ether oxygens (including phenoxy) is 1. The van der Waals surface area contributed by atoms with E-state index in [0.717, 1.165) is 53.6 Å². The number of hydrogen-bond acceptors (Lipinski definition) is 4. The highest BCUT2D eigenvalue weighted by Crippen LogP contribution is 2.28. The first-order chi connectivity index (χ1) is 13.2. The van der Waals surface area contributed by atoms with Gasteiger partial charge in [0.2, 0.25) is 0 Å². The summed E-state index contributed by atoms with van der Waals surface area (Å²) in [7, 11) is 0. The molecule has 5 heteroatoms. The zero-order valence-corrected chi connectivity index (χ0v) is 18.9. The fourth-order valence-electron chi connectivity index (χ4n) is 2.85. The number of anilines is 2. The molecule has 0 spiro atoms. The van der Waals surface area contributed by atoms with Crippen molar-refractivity contribution in [3.8, 4) is 0 Å². The minimum atomic E-state index is -0.469. The molecular weight excluding hydrogens is 416 g/mol. The van der Waals surface area contributed by atoms with E-state index in [2.05, 4.69) is 21.2 Å². The number of esters is 1. The summed E-state index contributed by atoms with van der Waals surface area (Å²) in [4.78, 5) is 12.0. The van der Waals surface area contributed by atoms with E-state index in [1.165, 1.54) is 5.56 Å². The Hall–Kier alpha value is -2.01. The molecular formula is C23H31BrN2O2. The first-order valence-corrected chi connectivity index (χ1v) is 10.6. The Morgan fingerprint density at radius 2 is 1.75 bits per heavy atom. The van der Waals surface area contributed by atoms with Gasteiger partial charge in [0.15, 0.2) is 0 Å². The Kier molecular flexibility index (Phi) is 7.93. The molecule has 152 valence electrons. The van der Waals surface area contributed by atoms with E-state index >= 15 is 0 Å². The van der Waals surface area contributed by atoms with Crippen molar-refractivity contribution < 1.29 is 9.53 Å². The number of carbonyl (C=O) groups excluding carboxylic acids is 1. The smallest absolute Gasteiger partial charge is 0.338 e. The van der Waals surface area contributed by atoms with Crippen LogP contribution >= 0.6 is 15.9 Å². The molecule has 2 rings (SSSR count). The summed E-state index contributed by atoms with van der Waals surface area (Å²) >= 11 is 3.50. The average Bonchev–Trinajstić information content (AvgIpc) is 2.63. The van der Waals surface area contributed by atoms with Gasteiger partial charge in [-0.3, -0.25) is 0 Å². The quantitative estimate of drug-likeness (QED) is 0.291. The molecule has 0 atom stereocenters. The number of carbonyl (C=O) groups is 1. The Morgan fingerprint density at radius 1 is 1.07 bits per heavy atom. The highest BCUT2D eigenvalue weighted by Gasteiger charge is 2.17. The maximum absolute atomic E-state index is 12.0. The van der Waals surface area contributed by atoms with Crippen LogP contribution in [0.3, 0.4) is 0 Å². The summed E-state index contributed by atoms with van der Waals surface area (Å²) in [6.45, 7) is 8.54. The lowest BCUT2D eigenvalue weighted by Crippen LogP contribution is -2.23. The SMILES string of the molecule is Cc1c(Br)ccc(NCCCCCc2ccc(C(=O)OC(C)(C)C)cc2)c1N. The summed E-state index contributed by atoms with van der Waals surface area (Å²) in [6.07, 6.45) is 4.34. The Labute approximate surface area is 177 Å². The van der Waals surface area contributed by atoms with Gasteiger partial charge in [-0.2, -0.15) is 0 Å². The lowest BCUT2D eigenvalue weighted by atomic mass is 10.0. The van der Waals surface area contributed by atoms with E-state index in [0.29, 0.717) is 5.56 Å². The number of aryl methyl sites for hydroxylation is 1. The third-order valence-electron chi connectivity index (χ3n) is 4.49. The standard InChI is InChI=1S/C23H31BrN2O2/c1-16-19(24)13-14-20(21(16)25)26-15-7-5-6-8-17-9-11-18(12-10-17)22(27)28-23(2,3)4/h9-14,26H,5-8,15,25H2,1-4H3. The van der Waals surface area contributed by atoms with Crippen LogP contribution in [-0.2, 0) is 11.2 Å². The van der Waals surface area contributed by atoms with E-state index in [1.54, 1.807) is 0 Å². The van der Waals surface area contributed by atoms with Crippen molar-refractivity contribution in [2.45, 2.75) is 59.0 Å². The molecule has 0 amide bonds. The first-order valence-electron chi connectivity index (χ1n) is 9.78. The maximum Gasteiger partial charge on any atom is 0.338 e. The van der Waals surface area contributed by atoms with Gasteiger partial charge in [-0.15, -0.1) is 0 Å².